The van der Waals surface area contributed by atoms with Gasteiger partial charge in [0.1, 0.15) is 13.2 Å². The van der Waals surface area contributed by atoms with E-state index in [0.29, 0.717) is 17.4 Å². The van der Waals surface area contributed by atoms with Gasteiger partial charge in [0.2, 0.25) is 0 Å². The summed E-state index contributed by atoms with van der Waals surface area (Å²) in [6.07, 6.45) is 71.5. The van der Waals surface area contributed by atoms with E-state index in [1.807, 2.05) is 21.1 Å². The van der Waals surface area contributed by atoms with Gasteiger partial charge in [-0.25, -0.2) is 0 Å². The van der Waals surface area contributed by atoms with E-state index in [2.05, 4.69) is 74.6 Å². The summed E-state index contributed by atoms with van der Waals surface area (Å²) in [5, 5.41) is 11.8. The Morgan fingerprint density at radius 1 is 0.408 bits per heavy atom. The van der Waals surface area contributed by atoms with Crippen molar-refractivity contribution < 1.29 is 42.9 Å². The standard InChI is InChI=1S/C67H121NO8/c1-6-8-10-12-14-16-18-20-22-24-26-28-29-30-31-32-33-34-35-36-38-39-41-43-45-47-49-51-53-55-57-64(69)74-61-63(62-75-67(66(71)72)73-60-59-68(3,4)5)76-65(70)58-56-54-52-50-48-46-44-42-40-37-27-25-23-21-19-17-15-13-11-9-7-2/h9,11,15,17,21,23,27,37,42,44,63,67H,6-8,10,12-14,16,18-20,22,24-26,28-36,38-41,43,45-62H2,1-5H3/b11-9-,17-15-,23-21-,37-27-,44-42-. The van der Waals surface area contributed by atoms with E-state index in [-0.39, 0.29) is 38.6 Å². The molecule has 0 aromatic heterocycles. The van der Waals surface area contributed by atoms with Crippen molar-refractivity contribution in [2.24, 2.45) is 0 Å². The molecule has 0 radical (unpaired) electrons. The lowest BCUT2D eigenvalue weighted by molar-refractivity contribution is -0.870. The number of ether oxygens (including phenoxy) is 4. The molecule has 76 heavy (non-hydrogen) atoms. The van der Waals surface area contributed by atoms with Crippen molar-refractivity contribution in [1.82, 2.24) is 0 Å². The maximum absolute atomic E-state index is 12.9. The lowest BCUT2D eigenvalue weighted by Crippen LogP contribution is -2.44. The largest absolute Gasteiger partial charge is 0.545 e. The SMILES string of the molecule is CC/C=C\C/C=C\C/C=C\C/C=C\C/C=C\CCCCCCCC(=O)OC(COC(=O)CCCCCCCCCCCCCCCCCCCCCCCCCCCCCCCC)COC(OCC[N+](C)(C)C)C(=O)[O-]. The van der Waals surface area contributed by atoms with Crippen LogP contribution in [0.1, 0.15) is 290 Å². The number of carbonyl (C=O) groups excluding carboxylic acids is 3. The topological polar surface area (TPSA) is 111 Å². The van der Waals surface area contributed by atoms with Crippen LogP contribution in [0.5, 0.6) is 0 Å². The van der Waals surface area contributed by atoms with Crippen molar-refractivity contribution in [3.8, 4) is 0 Å². The maximum atomic E-state index is 12.9. The van der Waals surface area contributed by atoms with Crippen molar-refractivity contribution in [1.29, 1.82) is 0 Å². The summed E-state index contributed by atoms with van der Waals surface area (Å²) in [4.78, 5) is 37.4. The van der Waals surface area contributed by atoms with Crippen LogP contribution >= 0.6 is 0 Å². The number of carbonyl (C=O) groups is 3. The van der Waals surface area contributed by atoms with E-state index >= 15 is 0 Å². The van der Waals surface area contributed by atoms with Crippen LogP contribution < -0.4 is 5.11 Å². The molecule has 0 saturated carbocycles. The zero-order valence-electron chi connectivity index (χ0n) is 50.4. The van der Waals surface area contributed by atoms with Crippen LogP contribution in [0.3, 0.4) is 0 Å². The van der Waals surface area contributed by atoms with E-state index in [4.69, 9.17) is 18.9 Å². The molecule has 0 amide bonds. The third-order valence-corrected chi connectivity index (χ3v) is 14.0. The molecule has 0 heterocycles. The van der Waals surface area contributed by atoms with Crippen molar-refractivity contribution in [2.75, 3.05) is 47.5 Å². The van der Waals surface area contributed by atoms with Gasteiger partial charge in [-0.3, -0.25) is 9.59 Å². The number of likely N-dealkylation sites (N-methyl/N-ethyl adjacent to an activating group) is 1. The summed E-state index contributed by atoms with van der Waals surface area (Å²) in [5.41, 5.74) is 0. The molecular weight excluding hydrogens is 947 g/mol. The van der Waals surface area contributed by atoms with Crippen molar-refractivity contribution >= 4 is 17.9 Å². The fourth-order valence-electron chi connectivity index (χ4n) is 9.15. The molecule has 0 spiro atoms. The molecule has 2 unspecified atom stereocenters. The molecule has 0 aliphatic carbocycles. The van der Waals surface area contributed by atoms with E-state index in [1.165, 1.54) is 173 Å². The summed E-state index contributed by atoms with van der Waals surface area (Å²) in [6, 6.07) is 0. The van der Waals surface area contributed by atoms with Gasteiger partial charge < -0.3 is 33.3 Å². The Morgan fingerprint density at radius 3 is 1.12 bits per heavy atom. The zero-order chi connectivity index (χ0) is 55.5. The first-order valence-electron chi connectivity index (χ1n) is 31.9. The van der Waals surface area contributed by atoms with Crippen LogP contribution in [0.4, 0.5) is 0 Å². The molecule has 0 rings (SSSR count). The average molecular weight is 1070 g/mol. The number of rotatable bonds is 59. The molecule has 9 heteroatoms. The number of hydrogen-bond donors (Lipinski definition) is 0. The maximum Gasteiger partial charge on any atom is 0.306 e. The predicted octanol–water partition coefficient (Wildman–Crippen LogP) is 17.9. The molecule has 0 aromatic rings. The highest BCUT2D eigenvalue weighted by atomic mass is 16.7. The first kappa shape index (κ1) is 73.0. The van der Waals surface area contributed by atoms with E-state index in [9.17, 15) is 19.5 Å². The predicted molar refractivity (Wildman–Crippen MR) is 320 cm³/mol. The number of unbranched alkanes of at least 4 members (excludes halogenated alkanes) is 34. The number of carboxylic acids is 1. The first-order chi connectivity index (χ1) is 37.1. The van der Waals surface area contributed by atoms with Crippen molar-refractivity contribution in [2.45, 2.75) is 302 Å². The molecule has 0 N–H and O–H groups in total. The third-order valence-electron chi connectivity index (χ3n) is 14.0. The molecule has 442 valence electrons. The number of hydrogen-bond acceptors (Lipinski definition) is 8. The van der Waals surface area contributed by atoms with Crippen LogP contribution in [-0.2, 0) is 33.3 Å². The number of carboxylic acid groups (broad SMARTS) is 1. The summed E-state index contributed by atoms with van der Waals surface area (Å²) < 4.78 is 22.7. The van der Waals surface area contributed by atoms with Crippen LogP contribution in [0.2, 0.25) is 0 Å². The zero-order valence-corrected chi connectivity index (χ0v) is 50.4. The molecule has 0 aliphatic heterocycles. The lowest BCUT2D eigenvalue weighted by atomic mass is 10.0. The van der Waals surface area contributed by atoms with Crippen molar-refractivity contribution in [3.05, 3.63) is 60.8 Å². The lowest BCUT2D eigenvalue weighted by Gasteiger charge is -2.26. The monoisotopic (exact) mass is 1070 g/mol. The Hall–Kier alpha value is -3.01. The van der Waals surface area contributed by atoms with Crippen LogP contribution in [0.15, 0.2) is 60.8 Å². The highest BCUT2D eigenvalue weighted by Crippen LogP contribution is 2.18. The minimum atomic E-state index is -1.63. The van der Waals surface area contributed by atoms with Gasteiger partial charge in [-0.2, -0.15) is 0 Å². The summed E-state index contributed by atoms with van der Waals surface area (Å²) in [5.74, 6) is -2.30. The molecular formula is C67H121NO8. The van der Waals surface area contributed by atoms with Crippen LogP contribution in [-0.4, -0.2) is 82.3 Å². The molecule has 0 aliphatic rings. The number of allylic oxidation sites excluding steroid dienone is 10. The Bertz CT molecular complexity index is 1430. The minimum Gasteiger partial charge on any atom is -0.545 e. The number of nitrogens with zero attached hydrogens (tertiary/aromatic N) is 1. The molecule has 9 nitrogen and oxygen atoms in total. The van der Waals surface area contributed by atoms with Gasteiger partial charge >= 0.3 is 11.9 Å². The van der Waals surface area contributed by atoms with Gasteiger partial charge in [-0.1, -0.05) is 280 Å². The third kappa shape index (κ3) is 58.7. The fourth-order valence-corrected chi connectivity index (χ4v) is 9.15. The highest BCUT2D eigenvalue weighted by molar-refractivity contribution is 5.70. The molecule has 0 aromatic carbocycles. The van der Waals surface area contributed by atoms with E-state index in [0.717, 1.165) is 83.5 Å². The smallest absolute Gasteiger partial charge is 0.306 e. The average Bonchev–Trinajstić information content (AvgIpc) is 3.39. The first-order valence-corrected chi connectivity index (χ1v) is 31.9. The van der Waals surface area contributed by atoms with Gasteiger partial charge in [0, 0.05) is 12.8 Å². The Balaban J connectivity index is 4.14. The number of esters is 2. The summed E-state index contributed by atoms with van der Waals surface area (Å²) in [7, 11) is 5.92. The van der Waals surface area contributed by atoms with Gasteiger partial charge in [-0.15, -0.1) is 0 Å². The Morgan fingerprint density at radius 2 is 0.750 bits per heavy atom. The second-order valence-corrected chi connectivity index (χ2v) is 22.7. The quantitative estimate of drug-likeness (QED) is 0.0195. The van der Waals surface area contributed by atoms with Crippen molar-refractivity contribution in [3.63, 3.8) is 0 Å². The van der Waals surface area contributed by atoms with Crippen LogP contribution in [0.25, 0.3) is 0 Å². The second-order valence-electron chi connectivity index (χ2n) is 22.7. The van der Waals surface area contributed by atoms with Gasteiger partial charge in [0.05, 0.1) is 40.3 Å². The summed E-state index contributed by atoms with van der Waals surface area (Å²) >= 11 is 0. The minimum absolute atomic E-state index is 0.142. The molecule has 0 bridgehead atoms. The second kappa shape index (κ2) is 58.1. The van der Waals surface area contributed by atoms with E-state index < -0.39 is 24.3 Å². The number of aliphatic carboxylic acids is 1. The van der Waals surface area contributed by atoms with Crippen LogP contribution in [0, 0.1) is 0 Å². The molecule has 2 atom stereocenters. The Kier molecular flexibility index (Phi) is 55.8. The highest BCUT2D eigenvalue weighted by Gasteiger charge is 2.22. The normalized spacial score (nSPS) is 13.1. The fraction of sp³-hybridized carbons (Fsp3) is 0.806. The Labute approximate surface area is 469 Å². The molecule has 0 fully saturated rings. The van der Waals surface area contributed by atoms with Gasteiger partial charge in [0.15, 0.2) is 12.4 Å². The molecule has 0 saturated heterocycles. The number of quaternary nitrogens is 1. The van der Waals surface area contributed by atoms with Gasteiger partial charge in [0.25, 0.3) is 0 Å². The summed E-state index contributed by atoms with van der Waals surface area (Å²) in [6.45, 7) is 4.65. The van der Waals surface area contributed by atoms with Gasteiger partial charge in [-0.05, 0) is 57.8 Å². The van der Waals surface area contributed by atoms with E-state index in [1.54, 1.807) is 0 Å².